The number of anilines is 1. The Morgan fingerprint density at radius 2 is 1.88 bits per heavy atom. The summed E-state index contributed by atoms with van der Waals surface area (Å²) in [5.41, 5.74) is 4.62. The largest absolute Gasteiger partial charge is 0.341 e. The number of nitrogens with zero attached hydrogens (tertiary/aromatic N) is 3. The minimum atomic E-state index is 0.252. The first-order valence-electron chi connectivity index (χ1n) is 8.91. The van der Waals surface area contributed by atoms with E-state index in [-0.39, 0.29) is 6.04 Å². The van der Waals surface area contributed by atoms with E-state index in [1.165, 1.54) is 10.4 Å². The van der Waals surface area contributed by atoms with E-state index in [1.54, 1.807) is 11.3 Å². The van der Waals surface area contributed by atoms with Crippen molar-refractivity contribution in [1.82, 2.24) is 9.97 Å². The van der Waals surface area contributed by atoms with Crippen molar-refractivity contribution < 1.29 is 0 Å². The van der Waals surface area contributed by atoms with E-state index < -0.39 is 0 Å². The van der Waals surface area contributed by atoms with Gasteiger partial charge in [0.1, 0.15) is 0 Å². The lowest BCUT2D eigenvalue weighted by Gasteiger charge is -2.28. The van der Waals surface area contributed by atoms with Gasteiger partial charge >= 0.3 is 0 Å². The van der Waals surface area contributed by atoms with Gasteiger partial charge in [-0.1, -0.05) is 24.6 Å². The molecule has 26 heavy (non-hydrogen) atoms. The molecule has 0 amide bonds. The van der Waals surface area contributed by atoms with E-state index in [4.69, 9.17) is 16.6 Å². The van der Waals surface area contributed by atoms with E-state index >= 15 is 0 Å². The lowest BCUT2D eigenvalue weighted by Crippen LogP contribution is -2.27. The topological polar surface area (TPSA) is 29.0 Å². The molecule has 5 heteroatoms. The fourth-order valence-corrected chi connectivity index (χ4v) is 4.42. The molecule has 1 aromatic carbocycles. The molecule has 1 atom stereocenters. The Balaban J connectivity index is 1.99. The highest BCUT2D eigenvalue weighted by Gasteiger charge is 2.21. The summed E-state index contributed by atoms with van der Waals surface area (Å²) < 4.78 is 0. The van der Waals surface area contributed by atoms with E-state index in [0.29, 0.717) is 0 Å². The average Bonchev–Trinajstić information content (AvgIpc) is 3.01. The highest BCUT2D eigenvalue weighted by Crippen LogP contribution is 2.37. The minimum Gasteiger partial charge on any atom is -0.341 e. The van der Waals surface area contributed by atoms with Crippen LogP contribution in [0, 0.1) is 13.8 Å². The number of benzene rings is 1. The number of aryl methyl sites for hydroxylation is 2. The molecule has 0 radical (unpaired) electrons. The van der Waals surface area contributed by atoms with Crippen LogP contribution in [0.2, 0.25) is 5.02 Å². The Labute approximate surface area is 164 Å². The summed E-state index contributed by atoms with van der Waals surface area (Å²) in [5.74, 6) is 0. The SMILES string of the molecule is CCCN(c1nc(-c2ccc(Cl)cc2C)c(C)s1)C(C)c1ccncc1. The van der Waals surface area contributed by atoms with Gasteiger partial charge in [-0.3, -0.25) is 4.98 Å². The second-order valence-corrected chi connectivity index (χ2v) is 8.13. The summed E-state index contributed by atoms with van der Waals surface area (Å²) >= 11 is 7.88. The van der Waals surface area contributed by atoms with Crippen molar-refractivity contribution in [3.05, 3.63) is 63.8 Å². The lowest BCUT2D eigenvalue weighted by atomic mass is 10.1. The molecule has 0 saturated heterocycles. The van der Waals surface area contributed by atoms with Crippen molar-refractivity contribution in [1.29, 1.82) is 0 Å². The Morgan fingerprint density at radius 3 is 2.54 bits per heavy atom. The molecule has 0 aliphatic rings. The predicted octanol–water partition coefficient (Wildman–Crippen LogP) is 6.45. The molecule has 0 N–H and O–H groups in total. The smallest absolute Gasteiger partial charge is 0.186 e. The third-order valence-electron chi connectivity index (χ3n) is 4.60. The summed E-state index contributed by atoms with van der Waals surface area (Å²) in [6, 6.07) is 10.4. The van der Waals surface area contributed by atoms with Crippen LogP contribution >= 0.6 is 22.9 Å². The quantitative estimate of drug-likeness (QED) is 0.488. The van der Waals surface area contributed by atoms with Gasteiger partial charge in [-0.25, -0.2) is 4.98 Å². The van der Waals surface area contributed by atoms with Gasteiger partial charge in [-0.15, -0.1) is 11.3 Å². The Bertz CT molecular complexity index is 876. The highest BCUT2D eigenvalue weighted by molar-refractivity contribution is 7.16. The van der Waals surface area contributed by atoms with E-state index in [9.17, 15) is 0 Å². The molecule has 0 aliphatic heterocycles. The van der Waals surface area contributed by atoms with Crippen molar-refractivity contribution in [3.63, 3.8) is 0 Å². The van der Waals surface area contributed by atoms with Gasteiger partial charge in [-0.05, 0) is 62.6 Å². The van der Waals surface area contributed by atoms with Crippen molar-refractivity contribution in [3.8, 4) is 11.3 Å². The summed E-state index contributed by atoms with van der Waals surface area (Å²) in [4.78, 5) is 12.8. The maximum absolute atomic E-state index is 6.12. The zero-order chi connectivity index (χ0) is 18.7. The first kappa shape index (κ1) is 18.9. The number of hydrogen-bond acceptors (Lipinski definition) is 4. The van der Waals surface area contributed by atoms with Crippen molar-refractivity contribution in [2.45, 2.75) is 40.2 Å². The summed E-state index contributed by atoms with van der Waals surface area (Å²) in [5, 5.41) is 1.83. The van der Waals surface area contributed by atoms with E-state index in [0.717, 1.165) is 39.9 Å². The summed E-state index contributed by atoms with van der Waals surface area (Å²) in [7, 11) is 0. The van der Waals surface area contributed by atoms with Gasteiger partial charge in [0.2, 0.25) is 0 Å². The van der Waals surface area contributed by atoms with Crippen molar-refractivity contribution in [2.24, 2.45) is 0 Å². The summed E-state index contributed by atoms with van der Waals surface area (Å²) in [6.07, 6.45) is 4.78. The first-order valence-corrected chi connectivity index (χ1v) is 10.1. The Morgan fingerprint density at radius 1 is 1.15 bits per heavy atom. The van der Waals surface area contributed by atoms with Crippen LogP contribution in [-0.2, 0) is 0 Å². The molecule has 0 fully saturated rings. The molecule has 2 heterocycles. The number of thiazole rings is 1. The van der Waals surface area contributed by atoms with Crippen LogP contribution in [0.15, 0.2) is 42.7 Å². The average molecular weight is 386 g/mol. The molecular formula is C21H24ClN3S. The number of halogens is 1. The predicted molar refractivity (Wildman–Crippen MR) is 112 cm³/mol. The third-order valence-corrected chi connectivity index (χ3v) is 5.84. The van der Waals surface area contributed by atoms with Crippen molar-refractivity contribution >= 4 is 28.1 Å². The molecule has 1 unspecified atom stereocenters. The number of aromatic nitrogens is 2. The molecule has 3 aromatic rings. The monoisotopic (exact) mass is 385 g/mol. The molecule has 0 spiro atoms. The maximum Gasteiger partial charge on any atom is 0.186 e. The number of pyridine rings is 1. The Hall–Kier alpha value is -1.91. The fourth-order valence-electron chi connectivity index (χ4n) is 3.17. The van der Waals surface area contributed by atoms with E-state index in [1.807, 2.05) is 24.5 Å². The molecule has 3 nitrogen and oxygen atoms in total. The number of hydrogen-bond donors (Lipinski definition) is 0. The molecule has 0 bridgehead atoms. The second-order valence-electron chi connectivity index (χ2n) is 6.51. The van der Waals surface area contributed by atoms with Crippen molar-refractivity contribution in [2.75, 3.05) is 11.4 Å². The highest BCUT2D eigenvalue weighted by atomic mass is 35.5. The summed E-state index contributed by atoms with van der Waals surface area (Å²) in [6.45, 7) is 9.64. The van der Waals surface area contributed by atoms with Crippen LogP contribution in [0.25, 0.3) is 11.3 Å². The Kier molecular flexibility index (Phi) is 5.94. The van der Waals surface area contributed by atoms with Crippen LogP contribution < -0.4 is 4.90 Å². The molecule has 3 rings (SSSR count). The fraction of sp³-hybridized carbons (Fsp3) is 0.333. The minimum absolute atomic E-state index is 0.252. The van der Waals surface area contributed by atoms with Crippen LogP contribution in [0.1, 0.15) is 42.3 Å². The van der Waals surface area contributed by atoms with Gasteiger partial charge in [0, 0.05) is 34.4 Å². The molecule has 136 valence electrons. The third kappa shape index (κ3) is 3.92. The standard InChI is InChI=1S/C21H24ClN3S/c1-5-12-25(15(3)17-8-10-23-11-9-17)21-24-20(16(4)26-21)19-7-6-18(22)13-14(19)2/h6-11,13,15H,5,12H2,1-4H3. The normalized spacial score (nSPS) is 12.2. The molecular weight excluding hydrogens is 362 g/mol. The van der Waals surface area contributed by atoms with E-state index in [2.05, 4.69) is 55.8 Å². The van der Waals surface area contributed by atoms with Crippen LogP contribution in [-0.4, -0.2) is 16.5 Å². The van der Waals surface area contributed by atoms with Gasteiger partial charge in [0.15, 0.2) is 5.13 Å². The molecule has 0 aliphatic carbocycles. The van der Waals surface area contributed by atoms with Gasteiger partial charge < -0.3 is 4.90 Å². The van der Waals surface area contributed by atoms with Crippen LogP contribution in [0.5, 0.6) is 0 Å². The lowest BCUT2D eigenvalue weighted by molar-refractivity contribution is 0.656. The molecule has 0 saturated carbocycles. The zero-order valence-electron chi connectivity index (χ0n) is 15.7. The maximum atomic E-state index is 6.12. The zero-order valence-corrected chi connectivity index (χ0v) is 17.2. The van der Waals surface area contributed by atoms with Gasteiger partial charge in [-0.2, -0.15) is 0 Å². The van der Waals surface area contributed by atoms with Gasteiger partial charge in [0.05, 0.1) is 11.7 Å². The van der Waals surface area contributed by atoms with Crippen LogP contribution in [0.3, 0.4) is 0 Å². The second kappa shape index (κ2) is 8.19. The van der Waals surface area contributed by atoms with Gasteiger partial charge in [0.25, 0.3) is 0 Å². The molecule has 2 aromatic heterocycles. The first-order chi connectivity index (χ1) is 12.5. The van der Waals surface area contributed by atoms with Crippen LogP contribution in [0.4, 0.5) is 5.13 Å². The number of rotatable bonds is 6.